The largest absolute Gasteiger partial charge is 1.00 e. The third-order valence-electron chi connectivity index (χ3n) is 14.3. The number of aromatic nitrogens is 6. The number of carbonyl (C=O) groups excluding carboxylic acids is 3. The Kier molecular flexibility index (Phi) is 17.8. The molecular formula is C51H68CsN11O4. The van der Waals surface area contributed by atoms with Crippen LogP contribution in [0.1, 0.15) is 158 Å². The number of fused-ring (bicyclic) bond motifs is 1. The fourth-order valence-corrected chi connectivity index (χ4v) is 10.4. The molecule has 15 nitrogen and oxygen atoms in total. The van der Waals surface area contributed by atoms with E-state index in [0.29, 0.717) is 65.3 Å². The molecule has 1 unspecified atom stereocenters. The van der Waals surface area contributed by atoms with Crippen molar-refractivity contribution in [2.75, 3.05) is 37.2 Å². The van der Waals surface area contributed by atoms with Gasteiger partial charge in [-0.25, -0.2) is 14.6 Å². The normalized spacial score (nSPS) is 19.9. The number of rotatable bonds is 11. The molecule has 10 rings (SSSR count). The first-order chi connectivity index (χ1) is 31.6. The van der Waals surface area contributed by atoms with Crippen molar-refractivity contribution < 1.29 is 87.8 Å². The molecule has 352 valence electrons. The Morgan fingerprint density at radius 1 is 0.836 bits per heavy atom. The molecule has 7 heterocycles. The van der Waals surface area contributed by atoms with Crippen LogP contribution in [0.4, 0.5) is 11.5 Å². The first-order valence-corrected chi connectivity index (χ1v) is 24.3. The van der Waals surface area contributed by atoms with Gasteiger partial charge in [0.2, 0.25) is 17.7 Å². The fourth-order valence-electron chi connectivity index (χ4n) is 10.4. The van der Waals surface area contributed by atoms with E-state index in [0.717, 1.165) is 73.9 Å². The van der Waals surface area contributed by atoms with Gasteiger partial charge < -0.3 is 32.8 Å². The summed E-state index contributed by atoms with van der Waals surface area (Å²) in [7, 11) is 0. The molecule has 2 saturated carbocycles. The molecule has 16 heteroatoms. The van der Waals surface area contributed by atoms with Crippen LogP contribution in [-0.2, 0) is 14.4 Å². The number of likely N-dealkylation sites (tertiary alicyclic amines) is 2. The SMILES string of the molecule is CCCC(=O)N1CCC(c2ccc(-c3c(-c4nn(C(C)C)c5ncnc(N)c45)noc3C3CC3)nc2)CC1.O=C1CCC(Nc2ccc(C3CCN(C4CCCCC4)CC3)cc2)C(=O)N1.[CH3-].[Cs+]. The number of imide groups is 1. The monoisotopic (exact) mass is 1030 g/mol. The number of hydrogen-bond donors (Lipinski definition) is 3. The summed E-state index contributed by atoms with van der Waals surface area (Å²) in [6.07, 6.45) is 19.5. The van der Waals surface area contributed by atoms with Gasteiger partial charge in [-0.05, 0) is 132 Å². The summed E-state index contributed by atoms with van der Waals surface area (Å²) in [5.74, 6) is 2.48. The topological polar surface area (TPSA) is 190 Å². The van der Waals surface area contributed by atoms with Gasteiger partial charge >= 0.3 is 68.9 Å². The van der Waals surface area contributed by atoms with E-state index < -0.39 is 0 Å². The zero-order chi connectivity index (χ0) is 45.0. The summed E-state index contributed by atoms with van der Waals surface area (Å²) in [4.78, 5) is 53.7. The molecule has 5 aromatic rings. The van der Waals surface area contributed by atoms with E-state index in [1.165, 1.54) is 75.5 Å². The van der Waals surface area contributed by atoms with E-state index in [2.05, 4.69) is 87.8 Å². The van der Waals surface area contributed by atoms with Gasteiger partial charge in [-0.2, -0.15) is 5.10 Å². The number of nitrogen functional groups attached to an aromatic ring is 1. The van der Waals surface area contributed by atoms with Gasteiger partial charge in [0.05, 0.1) is 16.6 Å². The zero-order valence-electron chi connectivity index (χ0n) is 40.3. The number of amides is 3. The summed E-state index contributed by atoms with van der Waals surface area (Å²) >= 11 is 0. The summed E-state index contributed by atoms with van der Waals surface area (Å²) in [5.41, 5.74) is 13.5. The zero-order valence-corrected chi connectivity index (χ0v) is 46.6. The van der Waals surface area contributed by atoms with E-state index in [1.54, 1.807) is 0 Å². The van der Waals surface area contributed by atoms with Gasteiger partial charge in [0.1, 0.15) is 35.3 Å². The molecule has 1 atom stereocenters. The van der Waals surface area contributed by atoms with Crippen LogP contribution >= 0.6 is 0 Å². The van der Waals surface area contributed by atoms with Gasteiger partial charge in [0.15, 0.2) is 5.65 Å². The van der Waals surface area contributed by atoms with Crippen LogP contribution in [0.15, 0.2) is 53.4 Å². The third kappa shape index (κ3) is 11.9. The van der Waals surface area contributed by atoms with Crippen LogP contribution in [-0.4, -0.2) is 95.7 Å². The van der Waals surface area contributed by atoms with Crippen LogP contribution < -0.4 is 85.3 Å². The molecule has 0 spiro atoms. The van der Waals surface area contributed by atoms with E-state index in [1.807, 2.05) is 15.8 Å². The maximum absolute atomic E-state index is 12.3. The summed E-state index contributed by atoms with van der Waals surface area (Å²) in [5, 5.41) is 15.7. The molecule has 0 radical (unpaired) electrons. The Morgan fingerprint density at radius 2 is 1.52 bits per heavy atom. The molecule has 5 fully saturated rings. The van der Waals surface area contributed by atoms with Crippen LogP contribution in [0.25, 0.3) is 33.7 Å². The minimum atomic E-state index is -0.313. The molecule has 1 aromatic carbocycles. The van der Waals surface area contributed by atoms with Crippen molar-refractivity contribution in [3.63, 3.8) is 0 Å². The van der Waals surface area contributed by atoms with Gasteiger partial charge in [-0.3, -0.25) is 24.7 Å². The maximum Gasteiger partial charge on any atom is 1.00 e. The van der Waals surface area contributed by atoms with Crippen molar-refractivity contribution in [1.82, 2.24) is 45.0 Å². The molecule has 4 aromatic heterocycles. The van der Waals surface area contributed by atoms with E-state index in [-0.39, 0.29) is 106 Å². The Balaban J connectivity index is 0.000000204. The molecular weight excluding hydrogens is 964 g/mol. The maximum atomic E-state index is 12.3. The van der Waals surface area contributed by atoms with Crippen LogP contribution in [0.3, 0.4) is 0 Å². The third-order valence-corrected chi connectivity index (χ3v) is 14.3. The number of hydrogen-bond acceptors (Lipinski definition) is 12. The van der Waals surface area contributed by atoms with E-state index in [4.69, 9.17) is 20.3 Å². The standard InChI is InChI=1S/C28H34N8O2.C22H31N3O2.CH3.Cs/c1-4-5-21(37)35-12-10-17(11-13-35)19-8-9-20(30-14-19)22-25(34-38-26(22)18-6-7-18)24-23-27(29)31-15-32-28(23)36(33-24)16(2)3;26-21-11-10-20(22(27)24-21)23-18-8-6-16(7-9-18)17-12-14-25(15-13-17)19-4-2-1-3-5-19;;/h8-9,14-18H,4-7,10-13H2,1-3H3,(H2,29,31,32);6-9,17,19-20,23H,1-5,10-15H2,(H,24,26,27);1H3;/q;;-1;+1. The number of carbonyl (C=O) groups is 3. The first kappa shape index (κ1) is 51.2. The van der Waals surface area contributed by atoms with Gasteiger partial charge in [-0.15, -0.1) is 0 Å². The van der Waals surface area contributed by atoms with Crippen molar-refractivity contribution >= 4 is 40.3 Å². The predicted molar refractivity (Wildman–Crippen MR) is 257 cm³/mol. The van der Waals surface area contributed by atoms with Gasteiger partial charge in [-0.1, -0.05) is 49.5 Å². The average molecular weight is 1030 g/mol. The van der Waals surface area contributed by atoms with Crippen molar-refractivity contribution in [2.45, 2.75) is 153 Å². The number of pyridine rings is 1. The van der Waals surface area contributed by atoms with E-state index >= 15 is 0 Å². The Hall–Kier alpha value is -3.65. The summed E-state index contributed by atoms with van der Waals surface area (Å²) in [6.45, 7) is 10.2. The van der Waals surface area contributed by atoms with Crippen molar-refractivity contribution in [3.05, 3.63) is 73.2 Å². The quantitative estimate of drug-likeness (QED) is 0.104. The Bertz CT molecular complexity index is 2440. The molecule has 67 heavy (non-hydrogen) atoms. The molecule has 3 aliphatic heterocycles. The molecule has 3 amide bonds. The summed E-state index contributed by atoms with van der Waals surface area (Å²) in [6, 6.07) is 13.4. The molecule has 0 bridgehead atoms. The van der Waals surface area contributed by atoms with E-state index in [9.17, 15) is 14.4 Å². The molecule has 3 saturated heterocycles. The number of nitrogens with one attached hydrogen (secondary N) is 2. The van der Waals surface area contributed by atoms with Crippen LogP contribution in [0.2, 0.25) is 0 Å². The number of nitrogens with two attached hydrogens (primary N) is 1. The van der Waals surface area contributed by atoms with Crippen LogP contribution in [0.5, 0.6) is 0 Å². The van der Waals surface area contributed by atoms with Crippen molar-refractivity contribution in [2.24, 2.45) is 0 Å². The number of nitrogens with zero attached hydrogens (tertiary/aromatic N) is 8. The summed E-state index contributed by atoms with van der Waals surface area (Å²) < 4.78 is 7.78. The second kappa shape index (κ2) is 23.3. The average Bonchev–Trinajstić information content (AvgIpc) is 3.96. The van der Waals surface area contributed by atoms with Crippen molar-refractivity contribution in [3.8, 4) is 22.6 Å². The second-order valence-electron chi connectivity index (χ2n) is 19.1. The molecule has 4 N–H and O–H groups in total. The van der Waals surface area contributed by atoms with Gasteiger partial charge in [0.25, 0.3) is 0 Å². The van der Waals surface area contributed by atoms with Crippen molar-refractivity contribution in [1.29, 1.82) is 0 Å². The molecule has 5 aliphatic rings. The van der Waals surface area contributed by atoms with Crippen LogP contribution in [0, 0.1) is 7.43 Å². The molecule has 2 aliphatic carbocycles. The Labute approximate surface area is 454 Å². The minimum Gasteiger partial charge on any atom is -0.383 e. The second-order valence-corrected chi connectivity index (χ2v) is 19.1. The number of benzene rings is 1. The number of piperidine rings is 3. The fraction of sp³-hybridized carbons (Fsp3) is 0.549. The van der Waals surface area contributed by atoms with Gasteiger partial charge in [0, 0.05) is 55.8 Å². The minimum absolute atomic E-state index is 0. The predicted octanol–water partition coefficient (Wildman–Crippen LogP) is 5.96. The Morgan fingerprint density at radius 3 is 2.16 bits per heavy atom. The smallest absolute Gasteiger partial charge is 0.383 e. The first-order valence-electron chi connectivity index (χ1n) is 24.3. The number of anilines is 2.